The van der Waals surface area contributed by atoms with Crippen LogP contribution in [0.3, 0.4) is 0 Å². The topological polar surface area (TPSA) is 61.9 Å². The van der Waals surface area contributed by atoms with E-state index in [0.29, 0.717) is 26.2 Å². The van der Waals surface area contributed by atoms with Crippen LogP contribution in [0.1, 0.15) is 64.5 Å². The smallest absolute Gasteiger partial charge is 0.410 e. The highest BCUT2D eigenvalue weighted by Crippen LogP contribution is 2.50. The number of carbonyl (C=O) groups excluding carboxylic acids is 2. The van der Waals surface area contributed by atoms with Crippen LogP contribution in [0.25, 0.3) is 0 Å². The summed E-state index contributed by atoms with van der Waals surface area (Å²) in [4.78, 5) is 28.4. The Bertz CT molecular complexity index is 972. The van der Waals surface area contributed by atoms with Crippen LogP contribution in [0.4, 0.5) is 9.59 Å². The van der Waals surface area contributed by atoms with Gasteiger partial charge in [-0.1, -0.05) is 30.4 Å². The molecule has 0 radical (unpaired) electrons. The Hall–Kier alpha value is -2.39. The van der Waals surface area contributed by atoms with Crippen molar-refractivity contribution in [2.75, 3.05) is 26.2 Å². The van der Waals surface area contributed by atoms with Crippen molar-refractivity contribution < 1.29 is 14.3 Å². The fourth-order valence-electron chi connectivity index (χ4n) is 3.82. The van der Waals surface area contributed by atoms with Crippen LogP contribution in [0.2, 0.25) is 5.02 Å². The number of halogens is 1. The van der Waals surface area contributed by atoms with E-state index < -0.39 is 11.1 Å². The Kier molecular flexibility index (Phi) is 5.83. The van der Waals surface area contributed by atoms with Crippen molar-refractivity contribution in [1.29, 1.82) is 0 Å². The predicted octanol–water partition coefficient (Wildman–Crippen LogP) is 4.54. The van der Waals surface area contributed by atoms with Gasteiger partial charge in [-0.15, -0.1) is 0 Å². The lowest BCUT2D eigenvalue weighted by Gasteiger charge is -2.36. The highest BCUT2D eigenvalue weighted by Gasteiger charge is 2.44. The van der Waals surface area contributed by atoms with Gasteiger partial charge in [0.2, 0.25) is 0 Å². The number of benzene rings is 1. The molecule has 1 aliphatic heterocycles. The minimum atomic E-state index is -0.524. The van der Waals surface area contributed by atoms with Crippen molar-refractivity contribution in [2.45, 2.75) is 69.9 Å². The van der Waals surface area contributed by atoms with Crippen molar-refractivity contribution in [3.63, 3.8) is 0 Å². The summed E-state index contributed by atoms with van der Waals surface area (Å²) < 4.78 is 5.42. The first-order valence-electron chi connectivity index (χ1n) is 11.4. The third-order valence-electron chi connectivity index (χ3n) is 6.38. The van der Waals surface area contributed by atoms with E-state index in [-0.39, 0.29) is 17.5 Å². The summed E-state index contributed by atoms with van der Waals surface area (Å²) >= 11 is 6.40. The van der Waals surface area contributed by atoms with Crippen molar-refractivity contribution in [3.8, 4) is 11.8 Å². The molecular weight excluding hydrogens is 426 g/mol. The lowest BCUT2D eigenvalue weighted by atomic mass is 9.96. The lowest BCUT2D eigenvalue weighted by molar-refractivity contribution is 0.0169. The molecular formula is C25H32ClN3O3. The largest absolute Gasteiger partial charge is 0.444 e. The molecule has 0 aromatic heterocycles. The molecule has 3 fully saturated rings. The second kappa shape index (κ2) is 8.19. The molecule has 3 amide bonds. The van der Waals surface area contributed by atoms with Gasteiger partial charge in [-0.25, -0.2) is 9.59 Å². The van der Waals surface area contributed by atoms with Crippen molar-refractivity contribution in [2.24, 2.45) is 0 Å². The molecule has 1 N–H and O–H groups in total. The van der Waals surface area contributed by atoms with Gasteiger partial charge in [-0.2, -0.15) is 0 Å². The van der Waals surface area contributed by atoms with E-state index in [9.17, 15) is 9.59 Å². The molecule has 32 heavy (non-hydrogen) atoms. The second-order valence-electron chi connectivity index (χ2n) is 10.5. The molecule has 6 nitrogen and oxygen atoms in total. The second-order valence-corrected chi connectivity index (χ2v) is 10.9. The Morgan fingerprint density at radius 1 is 1.06 bits per heavy atom. The molecule has 0 spiro atoms. The van der Waals surface area contributed by atoms with Crippen LogP contribution in [0, 0.1) is 11.8 Å². The average Bonchev–Trinajstić information content (AvgIpc) is 3.65. The molecule has 1 saturated heterocycles. The number of ether oxygens (including phenoxy) is 1. The molecule has 2 saturated carbocycles. The van der Waals surface area contributed by atoms with E-state index in [4.69, 9.17) is 16.3 Å². The maximum absolute atomic E-state index is 12.8. The maximum Gasteiger partial charge on any atom is 0.410 e. The number of nitrogens with one attached hydrogen (secondary N) is 1. The molecule has 1 aromatic rings. The highest BCUT2D eigenvalue weighted by molar-refractivity contribution is 6.31. The molecule has 0 atom stereocenters. The first-order valence-corrected chi connectivity index (χ1v) is 11.7. The SMILES string of the molecule is CC(C)(C)OC(=O)N1CCN(C(=O)NC2(C#Cc3ccc(Cl)c(C4(C)CC4)c3)CC2)CC1. The summed E-state index contributed by atoms with van der Waals surface area (Å²) in [6.45, 7) is 9.67. The number of hydrogen-bond donors (Lipinski definition) is 1. The van der Waals surface area contributed by atoms with Crippen LogP contribution >= 0.6 is 11.6 Å². The lowest BCUT2D eigenvalue weighted by Crippen LogP contribution is -2.55. The Morgan fingerprint density at radius 2 is 1.69 bits per heavy atom. The molecule has 4 rings (SSSR count). The van der Waals surface area contributed by atoms with Crippen molar-refractivity contribution in [3.05, 3.63) is 34.3 Å². The van der Waals surface area contributed by atoms with Crippen LogP contribution in [-0.2, 0) is 10.2 Å². The van der Waals surface area contributed by atoms with Gasteiger partial charge in [0.1, 0.15) is 11.1 Å². The number of rotatable bonds is 2. The van der Waals surface area contributed by atoms with Gasteiger partial charge in [-0.3, -0.25) is 0 Å². The predicted molar refractivity (Wildman–Crippen MR) is 125 cm³/mol. The molecule has 1 aromatic carbocycles. The van der Waals surface area contributed by atoms with Gasteiger partial charge in [0, 0.05) is 36.8 Å². The van der Waals surface area contributed by atoms with Gasteiger partial charge >= 0.3 is 12.1 Å². The summed E-state index contributed by atoms with van der Waals surface area (Å²) in [6, 6.07) is 5.84. The van der Waals surface area contributed by atoms with Crippen LogP contribution in [-0.4, -0.2) is 59.2 Å². The van der Waals surface area contributed by atoms with E-state index in [0.717, 1.165) is 36.3 Å². The van der Waals surface area contributed by atoms with Crippen molar-refractivity contribution >= 4 is 23.7 Å². The number of urea groups is 1. The zero-order valence-electron chi connectivity index (χ0n) is 19.4. The zero-order chi connectivity index (χ0) is 23.1. The summed E-state index contributed by atoms with van der Waals surface area (Å²) in [5.74, 6) is 6.55. The maximum atomic E-state index is 12.8. The highest BCUT2D eigenvalue weighted by atomic mass is 35.5. The number of hydrogen-bond acceptors (Lipinski definition) is 3. The zero-order valence-corrected chi connectivity index (χ0v) is 20.1. The molecule has 0 unspecified atom stereocenters. The Balaban J connectivity index is 1.33. The number of amides is 3. The van der Waals surface area contributed by atoms with Gasteiger partial charge in [0.05, 0.1) is 0 Å². The fraction of sp³-hybridized carbons (Fsp3) is 0.600. The number of piperazine rings is 1. The van der Waals surface area contributed by atoms with Gasteiger partial charge in [-0.05, 0) is 75.6 Å². The third kappa shape index (κ3) is 5.32. The summed E-state index contributed by atoms with van der Waals surface area (Å²) in [6.07, 6.45) is 3.68. The number of carbonyl (C=O) groups is 2. The number of nitrogens with zero attached hydrogens (tertiary/aromatic N) is 2. The molecule has 0 bridgehead atoms. The summed E-state index contributed by atoms with van der Waals surface area (Å²) in [7, 11) is 0. The molecule has 1 heterocycles. The minimum absolute atomic E-state index is 0.122. The minimum Gasteiger partial charge on any atom is -0.444 e. The summed E-state index contributed by atoms with van der Waals surface area (Å²) in [5, 5.41) is 3.91. The third-order valence-corrected chi connectivity index (χ3v) is 6.71. The fourth-order valence-corrected chi connectivity index (χ4v) is 4.17. The van der Waals surface area contributed by atoms with Gasteiger partial charge < -0.3 is 19.9 Å². The Labute approximate surface area is 195 Å². The van der Waals surface area contributed by atoms with E-state index >= 15 is 0 Å². The van der Waals surface area contributed by atoms with E-state index in [1.807, 2.05) is 32.9 Å². The van der Waals surface area contributed by atoms with Crippen LogP contribution in [0.5, 0.6) is 0 Å². The van der Waals surface area contributed by atoms with Crippen LogP contribution in [0.15, 0.2) is 18.2 Å². The average molecular weight is 458 g/mol. The van der Waals surface area contributed by atoms with E-state index in [1.165, 1.54) is 5.56 Å². The monoisotopic (exact) mass is 457 g/mol. The quantitative estimate of drug-likeness (QED) is 0.663. The molecule has 3 aliphatic rings. The first kappa shape index (κ1) is 22.8. The normalized spacial score (nSPS) is 20.7. The van der Waals surface area contributed by atoms with E-state index in [2.05, 4.69) is 30.1 Å². The first-order chi connectivity index (χ1) is 15.0. The van der Waals surface area contributed by atoms with Crippen LogP contribution < -0.4 is 5.32 Å². The van der Waals surface area contributed by atoms with Gasteiger partial charge in [0.25, 0.3) is 0 Å². The Morgan fingerprint density at radius 3 is 2.25 bits per heavy atom. The molecule has 172 valence electrons. The van der Waals surface area contributed by atoms with E-state index in [1.54, 1.807) is 9.80 Å². The summed E-state index contributed by atoms with van der Waals surface area (Å²) in [5.41, 5.74) is 1.31. The molecule has 7 heteroatoms. The van der Waals surface area contributed by atoms with Crippen molar-refractivity contribution in [1.82, 2.24) is 15.1 Å². The van der Waals surface area contributed by atoms with Gasteiger partial charge in [0.15, 0.2) is 0 Å². The standard InChI is InChI=1S/C25H32ClN3O3/c1-23(2,3)32-22(31)29-15-13-28(14-16-29)21(30)27-25(11-12-25)8-7-18-5-6-20(26)19(17-18)24(4)9-10-24/h5-6,17H,9-16H2,1-4H3,(H,27,30). The molecule has 2 aliphatic carbocycles.